The molecule has 110 valence electrons. The fourth-order valence-corrected chi connectivity index (χ4v) is 3.51. The van der Waals surface area contributed by atoms with E-state index in [-0.39, 0.29) is 11.8 Å². The number of benzene rings is 2. The maximum atomic E-state index is 12.7. The maximum absolute atomic E-state index is 12.7. The molecule has 2 aromatic carbocycles. The van der Waals surface area contributed by atoms with Crippen molar-refractivity contribution in [3.05, 3.63) is 53.7 Å². The molecule has 3 heterocycles. The number of amides is 2. The minimum atomic E-state index is -0.268. The molecule has 0 bridgehead atoms. The van der Waals surface area contributed by atoms with E-state index in [0.29, 0.717) is 22.0 Å². The van der Waals surface area contributed by atoms with E-state index in [4.69, 9.17) is 0 Å². The topological polar surface area (TPSA) is 66.1 Å². The normalized spacial score (nSPS) is 14.4. The molecule has 0 aliphatic carbocycles. The summed E-state index contributed by atoms with van der Waals surface area (Å²) in [4.78, 5) is 34.3. The standard InChI is InChI=1S/C18H11N3O2/c1-21-17(22)13-10-6-4-8-19-15(10)16-12(14(13)18(21)23)9-5-2-3-7-11(9)20-16/h2-8,20H,1H3. The summed E-state index contributed by atoms with van der Waals surface area (Å²) in [5.41, 5.74) is 3.38. The third-order valence-corrected chi connectivity index (χ3v) is 4.56. The summed E-state index contributed by atoms with van der Waals surface area (Å²) in [6, 6.07) is 11.4. The first kappa shape index (κ1) is 12.3. The molecule has 1 aliphatic rings. The molecular weight excluding hydrogens is 290 g/mol. The number of aromatic amines is 1. The number of imide groups is 1. The van der Waals surface area contributed by atoms with E-state index in [0.717, 1.165) is 21.8 Å². The van der Waals surface area contributed by atoms with Gasteiger partial charge in [-0.05, 0) is 12.1 Å². The minimum Gasteiger partial charge on any atom is -0.353 e. The SMILES string of the molecule is CN1C(=O)c2c(c3c4ccccc4[nH]c3c3ncccc23)C1=O. The Morgan fingerprint density at radius 1 is 0.957 bits per heavy atom. The average Bonchev–Trinajstić information content (AvgIpc) is 3.07. The summed E-state index contributed by atoms with van der Waals surface area (Å²) in [6.45, 7) is 0. The Hall–Kier alpha value is -3.21. The summed E-state index contributed by atoms with van der Waals surface area (Å²) in [5, 5.41) is 2.43. The zero-order valence-electron chi connectivity index (χ0n) is 12.3. The van der Waals surface area contributed by atoms with E-state index in [1.165, 1.54) is 11.9 Å². The molecule has 5 rings (SSSR count). The van der Waals surface area contributed by atoms with Gasteiger partial charge < -0.3 is 4.98 Å². The van der Waals surface area contributed by atoms with E-state index in [2.05, 4.69) is 9.97 Å². The number of aromatic nitrogens is 2. The fraction of sp³-hybridized carbons (Fsp3) is 0.0556. The van der Waals surface area contributed by atoms with Crippen LogP contribution in [0.5, 0.6) is 0 Å². The molecule has 0 unspecified atom stereocenters. The molecule has 23 heavy (non-hydrogen) atoms. The third-order valence-electron chi connectivity index (χ3n) is 4.56. The Balaban J connectivity index is 2.17. The quantitative estimate of drug-likeness (QED) is 0.508. The van der Waals surface area contributed by atoms with Gasteiger partial charge in [-0.1, -0.05) is 24.3 Å². The van der Waals surface area contributed by atoms with Crippen LogP contribution in [-0.4, -0.2) is 33.7 Å². The molecule has 1 N–H and O–H groups in total. The lowest BCUT2D eigenvalue weighted by atomic mass is 9.97. The van der Waals surface area contributed by atoms with Crippen LogP contribution < -0.4 is 0 Å². The average molecular weight is 301 g/mol. The summed E-state index contributed by atoms with van der Waals surface area (Å²) < 4.78 is 0. The zero-order valence-corrected chi connectivity index (χ0v) is 12.3. The molecule has 0 fully saturated rings. The zero-order chi connectivity index (χ0) is 15.7. The fourth-order valence-electron chi connectivity index (χ4n) is 3.51. The Kier molecular flexibility index (Phi) is 2.12. The van der Waals surface area contributed by atoms with Crippen molar-refractivity contribution in [2.24, 2.45) is 0 Å². The molecule has 5 nitrogen and oxygen atoms in total. The number of hydrogen-bond acceptors (Lipinski definition) is 3. The molecule has 2 amide bonds. The first-order valence-electron chi connectivity index (χ1n) is 7.32. The highest BCUT2D eigenvalue weighted by Crippen LogP contribution is 2.39. The van der Waals surface area contributed by atoms with Crippen molar-refractivity contribution in [3.8, 4) is 0 Å². The van der Waals surface area contributed by atoms with E-state index in [9.17, 15) is 9.59 Å². The van der Waals surface area contributed by atoms with Gasteiger partial charge in [0.15, 0.2) is 0 Å². The number of rotatable bonds is 0. The number of para-hydroxylation sites is 1. The van der Waals surface area contributed by atoms with Crippen molar-refractivity contribution < 1.29 is 9.59 Å². The van der Waals surface area contributed by atoms with Crippen molar-refractivity contribution in [3.63, 3.8) is 0 Å². The summed E-state index contributed by atoms with van der Waals surface area (Å²) in [6.07, 6.45) is 1.70. The maximum Gasteiger partial charge on any atom is 0.262 e. The molecule has 0 saturated carbocycles. The van der Waals surface area contributed by atoms with Crippen molar-refractivity contribution >= 4 is 44.5 Å². The van der Waals surface area contributed by atoms with Crippen LogP contribution in [0.25, 0.3) is 32.7 Å². The van der Waals surface area contributed by atoms with Crippen LogP contribution in [0.15, 0.2) is 42.6 Å². The van der Waals surface area contributed by atoms with E-state index >= 15 is 0 Å². The van der Waals surface area contributed by atoms with Gasteiger partial charge in [-0.2, -0.15) is 0 Å². The minimum absolute atomic E-state index is 0.259. The van der Waals surface area contributed by atoms with Gasteiger partial charge >= 0.3 is 0 Å². The van der Waals surface area contributed by atoms with E-state index < -0.39 is 0 Å². The predicted molar refractivity (Wildman–Crippen MR) is 87.5 cm³/mol. The molecule has 1 aliphatic heterocycles. The molecule has 5 heteroatoms. The highest BCUT2D eigenvalue weighted by molar-refractivity contribution is 6.36. The first-order chi connectivity index (χ1) is 11.2. The Bertz CT molecular complexity index is 1170. The number of pyridine rings is 1. The second kappa shape index (κ2) is 3.95. The van der Waals surface area contributed by atoms with Crippen LogP contribution in [0, 0.1) is 0 Å². The number of H-pyrrole nitrogens is 1. The third kappa shape index (κ3) is 1.34. The summed E-state index contributed by atoms with van der Waals surface area (Å²) >= 11 is 0. The van der Waals surface area contributed by atoms with E-state index in [1.54, 1.807) is 12.3 Å². The lowest BCUT2D eigenvalue weighted by Gasteiger charge is -2.04. The van der Waals surface area contributed by atoms with Gasteiger partial charge in [0.2, 0.25) is 0 Å². The number of carbonyl (C=O) groups excluding carboxylic acids is 2. The van der Waals surface area contributed by atoms with Crippen molar-refractivity contribution in [1.29, 1.82) is 0 Å². The lowest BCUT2D eigenvalue weighted by molar-refractivity contribution is 0.0694. The van der Waals surface area contributed by atoms with Gasteiger partial charge in [-0.3, -0.25) is 19.5 Å². The van der Waals surface area contributed by atoms with Crippen LogP contribution in [0.1, 0.15) is 20.7 Å². The smallest absolute Gasteiger partial charge is 0.262 e. The Morgan fingerprint density at radius 3 is 2.57 bits per heavy atom. The Labute approximate surface area is 130 Å². The monoisotopic (exact) mass is 301 g/mol. The lowest BCUT2D eigenvalue weighted by Crippen LogP contribution is -2.24. The van der Waals surface area contributed by atoms with E-state index in [1.807, 2.05) is 30.3 Å². The van der Waals surface area contributed by atoms with Gasteiger partial charge in [0.1, 0.15) is 0 Å². The van der Waals surface area contributed by atoms with Crippen molar-refractivity contribution in [1.82, 2.24) is 14.9 Å². The van der Waals surface area contributed by atoms with Gasteiger partial charge in [0, 0.05) is 34.9 Å². The summed E-state index contributed by atoms with van der Waals surface area (Å²) in [7, 11) is 1.52. The highest BCUT2D eigenvalue weighted by Gasteiger charge is 2.37. The highest BCUT2D eigenvalue weighted by atomic mass is 16.2. The second-order valence-electron chi connectivity index (χ2n) is 5.74. The molecule has 2 aromatic heterocycles. The largest absolute Gasteiger partial charge is 0.353 e. The van der Waals surface area contributed by atoms with Crippen molar-refractivity contribution in [2.45, 2.75) is 0 Å². The first-order valence-corrected chi connectivity index (χ1v) is 7.32. The number of nitrogens with one attached hydrogen (secondary N) is 1. The predicted octanol–water partition coefficient (Wildman–Crippen LogP) is 3.10. The second-order valence-corrected chi connectivity index (χ2v) is 5.74. The van der Waals surface area contributed by atoms with Gasteiger partial charge in [-0.25, -0.2) is 0 Å². The summed E-state index contributed by atoms with van der Waals surface area (Å²) in [5.74, 6) is -0.527. The van der Waals surface area contributed by atoms with Gasteiger partial charge in [0.05, 0.1) is 22.2 Å². The molecule has 0 saturated heterocycles. The number of nitrogens with zero attached hydrogens (tertiary/aromatic N) is 2. The number of hydrogen-bond donors (Lipinski definition) is 1. The van der Waals surface area contributed by atoms with Crippen LogP contribution in [0.3, 0.4) is 0 Å². The Morgan fingerprint density at radius 2 is 1.70 bits per heavy atom. The molecular formula is C18H11N3O2. The van der Waals surface area contributed by atoms with Crippen molar-refractivity contribution in [2.75, 3.05) is 7.05 Å². The van der Waals surface area contributed by atoms with Crippen LogP contribution in [0.2, 0.25) is 0 Å². The van der Waals surface area contributed by atoms with Gasteiger partial charge in [-0.15, -0.1) is 0 Å². The van der Waals surface area contributed by atoms with Gasteiger partial charge in [0.25, 0.3) is 11.8 Å². The van der Waals surface area contributed by atoms with Crippen LogP contribution in [0.4, 0.5) is 0 Å². The number of fused-ring (bicyclic) bond motifs is 8. The molecule has 0 radical (unpaired) electrons. The number of carbonyl (C=O) groups is 2. The van der Waals surface area contributed by atoms with Crippen LogP contribution in [-0.2, 0) is 0 Å². The molecule has 4 aromatic rings. The molecule has 0 atom stereocenters. The molecule has 0 spiro atoms. The van der Waals surface area contributed by atoms with Crippen LogP contribution >= 0.6 is 0 Å².